The highest BCUT2D eigenvalue weighted by atomic mass is 28.2. The van der Waals surface area contributed by atoms with E-state index in [9.17, 15) is 10.2 Å². The summed E-state index contributed by atoms with van der Waals surface area (Å²) in [5.74, 6) is 1.18. The standard InChI is InChI=1S/C12H12O3Si.C6H6O/c13-9-5-1-3-7-11(9)15-16-12-8-4-2-6-10(12)14;7-6-4-2-1-3-5-6/h1-8,13-14H,16H2;1-5,7H. The fourth-order valence-electron chi connectivity index (χ4n) is 1.80. The van der Waals surface area contributed by atoms with E-state index in [-0.39, 0.29) is 11.5 Å². The van der Waals surface area contributed by atoms with Crippen molar-refractivity contribution in [3.05, 3.63) is 78.9 Å². The number of benzene rings is 3. The summed E-state index contributed by atoms with van der Waals surface area (Å²) in [5, 5.41) is 28.5. The van der Waals surface area contributed by atoms with Crippen LogP contribution < -0.4 is 9.61 Å². The van der Waals surface area contributed by atoms with E-state index in [1.54, 1.807) is 60.7 Å². The zero-order valence-electron chi connectivity index (χ0n) is 12.5. The van der Waals surface area contributed by atoms with Gasteiger partial charge in [0, 0.05) is 5.19 Å². The smallest absolute Gasteiger partial charge is 0.255 e. The minimum absolute atomic E-state index is 0.130. The SMILES string of the molecule is Oc1ccccc1.Oc1ccccc1O[SiH2]c1ccccc1O. The van der Waals surface area contributed by atoms with Crippen molar-refractivity contribution in [2.45, 2.75) is 0 Å². The molecule has 0 bridgehead atoms. The second-order valence-electron chi connectivity index (χ2n) is 4.72. The third-order valence-electron chi connectivity index (χ3n) is 3.00. The van der Waals surface area contributed by atoms with Crippen molar-refractivity contribution in [1.82, 2.24) is 0 Å². The zero-order chi connectivity index (χ0) is 16.5. The van der Waals surface area contributed by atoms with Gasteiger partial charge in [-0.1, -0.05) is 48.5 Å². The maximum absolute atomic E-state index is 9.55. The molecule has 118 valence electrons. The van der Waals surface area contributed by atoms with E-state index in [2.05, 4.69) is 0 Å². The summed E-state index contributed by atoms with van der Waals surface area (Å²) in [5.41, 5.74) is 0. The van der Waals surface area contributed by atoms with Crippen molar-refractivity contribution >= 4 is 14.9 Å². The maximum Gasteiger partial charge on any atom is 0.255 e. The van der Waals surface area contributed by atoms with Crippen molar-refractivity contribution in [1.29, 1.82) is 0 Å². The van der Waals surface area contributed by atoms with Gasteiger partial charge in [-0.05, 0) is 30.3 Å². The van der Waals surface area contributed by atoms with Gasteiger partial charge in [-0.2, -0.15) is 0 Å². The third kappa shape index (κ3) is 5.41. The van der Waals surface area contributed by atoms with E-state index in [1.807, 2.05) is 18.2 Å². The molecule has 3 N–H and O–H groups in total. The van der Waals surface area contributed by atoms with Crippen LogP contribution in [-0.4, -0.2) is 25.1 Å². The third-order valence-corrected chi connectivity index (χ3v) is 4.36. The second-order valence-corrected chi connectivity index (χ2v) is 6.06. The minimum Gasteiger partial charge on any atom is -0.542 e. The lowest BCUT2D eigenvalue weighted by atomic mass is 10.3. The first-order valence-corrected chi connectivity index (χ1v) is 8.37. The first-order chi connectivity index (χ1) is 11.2. The van der Waals surface area contributed by atoms with Crippen LogP contribution in [0.15, 0.2) is 78.9 Å². The van der Waals surface area contributed by atoms with E-state index in [0.29, 0.717) is 11.5 Å². The Morgan fingerprint density at radius 2 is 1.17 bits per heavy atom. The van der Waals surface area contributed by atoms with E-state index in [1.165, 1.54) is 0 Å². The number of hydrogen-bond donors (Lipinski definition) is 3. The maximum atomic E-state index is 9.55. The molecule has 0 aromatic heterocycles. The van der Waals surface area contributed by atoms with Crippen molar-refractivity contribution in [3.63, 3.8) is 0 Å². The predicted octanol–water partition coefficient (Wildman–Crippen LogP) is 2.28. The molecule has 0 saturated heterocycles. The zero-order valence-corrected chi connectivity index (χ0v) is 13.9. The molecule has 3 rings (SSSR count). The fraction of sp³-hybridized carbons (Fsp3) is 0. The van der Waals surface area contributed by atoms with Crippen molar-refractivity contribution in [3.8, 4) is 23.0 Å². The molecule has 0 atom stereocenters. The molecule has 0 aliphatic rings. The van der Waals surface area contributed by atoms with Crippen LogP contribution in [0.25, 0.3) is 0 Å². The lowest BCUT2D eigenvalue weighted by Crippen LogP contribution is -2.20. The molecule has 3 aromatic rings. The molecule has 0 saturated carbocycles. The number of aromatic hydroxyl groups is 3. The molecule has 4 nitrogen and oxygen atoms in total. The van der Waals surface area contributed by atoms with Crippen LogP contribution in [0.3, 0.4) is 0 Å². The highest BCUT2D eigenvalue weighted by molar-refractivity contribution is 6.49. The molecule has 0 amide bonds. The van der Waals surface area contributed by atoms with Gasteiger partial charge in [0.2, 0.25) is 0 Å². The average Bonchev–Trinajstić information content (AvgIpc) is 2.57. The molecule has 0 aliphatic carbocycles. The van der Waals surface area contributed by atoms with E-state index in [0.717, 1.165) is 5.19 Å². The second kappa shape index (κ2) is 8.50. The normalized spacial score (nSPS) is 10.1. The predicted molar refractivity (Wildman–Crippen MR) is 93.1 cm³/mol. The summed E-state index contributed by atoms with van der Waals surface area (Å²) in [6, 6.07) is 22.6. The summed E-state index contributed by atoms with van der Waals surface area (Å²) in [6.45, 7) is 0. The van der Waals surface area contributed by atoms with Gasteiger partial charge in [0.25, 0.3) is 9.76 Å². The molecule has 5 heteroatoms. The first kappa shape index (κ1) is 16.4. The van der Waals surface area contributed by atoms with Gasteiger partial charge in [-0.25, -0.2) is 0 Å². The van der Waals surface area contributed by atoms with Crippen LogP contribution in [0.5, 0.6) is 23.0 Å². The highest BCUT2D eigenvalue weighted by Crippen LogP contribution is 2.23. The molecule has 0 fully saturated rings. The summed E-state index contributed by atoms with van der Waals surface area (Å²) in [7, 11) is -1.07. The van der Waals surface area contributed by atoms with Crippen molar-refractivity contribution in [2.24, 2.45) is 0 Å². The molecule has 0 heterocycles. The van der Waals surface area contributed by atoms with E-state index in [4.69, 9.17) is 9.53 Å². The van der Waals surface area contributed by atoms with Crippen LogP contribution in [-0.2, 0) is 0 Å². The van der Waals surface area contributed by atoms with Gasteiger partial charge in [0.15, 0.2) is 5.75 Å². The van der Waals surface area contributed by atoms with Crippen LogP contribution in [0, 0.1) is 0 Å². The lowest BCUT2D eigenvalue weighted by molar-refractivity contribution is 0.443. The van der Waals surface area contributed by atoms with Gasteiger partial charge in [0.05, 0.1) is 0 Å². The Kier molecular flexibility index (Phi) is 6.08. The topological polar surface area (TPSA) is 69.9 Å². The van der Waals surface area contributed by atoms with Gasteiger partial charge in [-0.3, -0.25) is 0 Å². The molecule has 0 aliphatic heterocycles. The molecule has 3 aromatic carbocycles. The number of rotatable bonds is 3. The Hall–Kier alpha value is -2.92. The Morgan fingerprint density at radius 1 is 0.609 bits per heavy atom. The summed E-state index contributed by atoms with van der Waals surface area (Å²) >= 11 is 0. The largest absolute Gasteiger partial charge is 0.542 e. The monoisotopic (exact) mass is 326 g/mol. The van der Waals surface area contributed by atoms with Crippen LogP contribution in [0.4, 0.5) is 0 Å². The Labute approximate surface area is 137 Å². The van der Waals surface area contributed by atoms with Crippen molar-refractivity contribution in [2.75, 3.05) is 0 Å². The van der Waals surface area contributed by atoms with E-state index < -0.39 is 9.76 Å². The quantitative estimate of drug-likeness (QED) is 0.646. The summed E-state index contributed by atoms with van der Waals surface area (Å²) in [6.07, 6.45) is 0. The van der Waals surface area contributed by atoms with Crippen LogP contribution >= 0.6 is 0 Å². The van der Waals surface area contributed by atoms with Crippen LogP contribution in [0.2, 0.25) is 0 Å². The van der Waals surface area contributed by atoms with Crippen LogP contribution in [0.1, 0.15) is 0 Å². The Morgan fingerprint density at radius 3 is 1.74 bits per heavy atom. The first-order valence-electron chi connectivity index (χ1n) is 7.08. The molecule has 0 radical (unpaired) electrons. The minimum atomic E-state index is -1.07. The molecular formula is C18H18O4Si. The highest BCUT2D eigenvalue weighted by Gasteiger charge is 2.04. The van der Waals surface area contributed by atoms with Gasteiger partial charge in [0.1, 0.15) is 17.2 Å². The lowest BCUT2D eigenvalue weighted by Gasteiger charge is -2.08. The average molecular weight is 326 g/mol. The fourth-order valence-corrected chi connectivity index (χ4v) is 2.85. The number of phenolic OH excluding ortho intramolecular Hbond substituents is 3. The van der Waals surface area contributed by atoms with Gasteiger partial charge >= 0.3 is 0 Å². The summed E-state index contributed by atoms with van der Waals surface area (Å²) in [4.78, 5) is 0. The molecule has 0 spiro atoms. The molecule has 23 heavy (non-hydrogen) atoms. The Balaban J connectivity index is 0.000000229. The van der Waals surface area contributed by atoms with E-state index >= 15 is 0 Å². The summed E-state index contributed by atoms with van der Waals surface area (Å²) < 4.78 is 5.53. The molecular weight excluding hydrogens is 308 g/mol. The molecule has 0 unspecified atom stereocenters. The van der Waals surface area contributed by atoms with Crippen molar-refractivity contribution < 1.29 is 19.7 Å². The number of phenols is 3. The number of hydrogen-bond acceptors (Lipinski definition) is 4. The van der Waals surface area contributed by atoms with Gasteiger partial charge < -0.3 is 19.7 Å². The van der Waals surface area contributed by atoms with Gasteiger partial charge in [-0.15, -0.1) is 0 Å². The Bertz CT molecular complexity index is 686. The number of para-hydroxylation sites is 4.